The van der Waals surface area contributed by atoms with Gasteiger partial charge in [0.2, 0.25) is 5.88 Å². The highest BCUT2D eigenvalue weighted by Crippen LogP contribution is 2.45. The SMILES string of the molecule is N#CC1=C(N)Oc2ccc3ccccc3c2[C@@H]1c1cccc(Br)c1. The lowest BCUT2D eigenvalue weighted by Crippen LogP contribution is -2.21. The van der Waals surface area contributed by atoms with E-state index in [4.69, 9.17) is 10.5 Å². The van der Waals surface area contributed by atoms with Crippen LogP contribution in [0.3, 0.4) is 0 Å². The van der Waals surface area contributed by atoms with Crippen LogP contribution in [0, 0.1) is 11.3 Å². The normalized spacial score (nSPS) is 16.4. The Kier molecular flexibility index (Phi) is 3.51. The van der Waals surface area contributed by atoms with E-state index in [1.807, 2.05) is 48.5 Å². The summed E-state index contributed by atoms with van der Waals surface area (Å²) in [5, 5.41) is 11.9. The number of nitrogens with zero attached hydrogens (tertiary/aromatic N) is 1. The molecule has 116 valence electrons. The number of allylic oxidation sites excluding steroid dienone is 1. The summed E-state index contributed by atoms with van der Waals surface area (Å²) in [6.45, 7) is 0. The molecule has 4 rings (SSSR count). The molecule has 24 heavy (non-hydrogen) atoms. The molecular formula is C20H13BrN2O. The highest BCUT2D eigenvalue weighted by Gasteiger charge is 2.32. The number of halogens is 1. The molecule has 4 heteroatoms. The van der Waals surface area contributed by atoms with E-state index in [1.165, 1.54) is 0 Å². The molecule has 1 atom stereocenters. The molecule has 1 aliphatic heterocycles. The first-order valence-corrected chi connectivity index (χ1v) is 8.33. The van der Waals surface area contributed by atoms with Crippen molar-refractivity contribution in [3.63, 3.8) is 0 Å². The average molecular weight is 377 g/mol. The van der Waals surface area contributed by atoms with Gasteiger partial charge in [0.05, 0.1) is 5.92 Å². The van der Waals surface area contributed by atoms with Crippen molar-refractivity contribution in [2.75, 3.05) is 0 Å². The minimum Gasteiger partial charge on any atom is -0.440 e. The van der Waals surface area contributed by atoms with Gasteiger partial charge in [0.15, 0.2) is 0 Å². The quantitative estimate of drug-likeness (QED) is 0.662. The summed E-state index contributed by atoms with van der Waals surface area (Å²) >= 11 is 3.51. The fourth-order valence-electron chi connectivity index (χ4n) is 3.26. The molecule has 1 heterocycles. The molecule has 3 aromatic rings. The van der Waals surface area contributed by atoms with Gasteiger partial charge < -0.3 is 10.5 Å². The molecule has 3 nitrogen and oxygen atoms in total. The lowest BCUT2D eigenvalue weighted by molar-refractivity contribution is 0.395. The highest BCUT2D eigenvalue weighted by molar-refractivity contribution is 9.10. The molecule has 0 saturated heterocycles. The zero-order valence-electron chi connectivity index (χ0n) is 12.7. The van der Waals surface area contributed by atoms with Crippen LogP contribution in [-0.4, -0.2) is 0 Å². The Bertz CT molecular complexity index is 1030. The van der Waals surface area contributed by atoms with Crippen LogP contribution < -0.4 is 10.5 Å². The van der Waals surface area contributed by atoms with E-state index >= 15 is 0 Å². The van der Waals surface area contributed by atoms with Crippen LogP contribution >= 0.6 is 15.9 Å². The van der Waals surface area contributed by atoms with Crippen molar-refractivity contribution in [1.82, 2.24) is 0 Å². The molecule has 0 aliphatic carbocycles. The predicted octanol–water partition coefficient (Wildman–Crippen LogP) is 4.82. The molecule has 0 bridgehead atoms. The molecule has 1 aliphatic rings. The molecule has 0 unspecified atom stereocenters. The van der Waals surface area contributed by atoms with Gasteiger partial charge in [-0.3, -0.25) is 0 Å². The van der Waals surface area contributed by atoms with E-state index in [9.17, 15) is 5.26 Å². The van der Waals surface area contributed by atoms with Gasteiger partial charge >= 0.3 is 0 Å². The van der Waals surface area contributed by atoms with Crippen molar-refractivity contribution in [3.8, 4) is 11.8 Å². The number of fused-ring (bicyclic) bond motifs is 3. The van der Waals surface area contributed by atoms with Crippen LogP contribution in [0.2, 0.25) is 0 Å². The smallest absolute Gasteiger partial charge is 0.205 e. The summed E-state index contributed by atoms with van der Waals surface area (Å²) in [4.78, 5) is 0. The first kappa shape index (κ1) is 14.8. The number of hydrogen-bond donors (Lipinski definition) is 1. The second kappa shape index (κ2) is 5.70. The lowest BCUT2D eigenvalue weighted by Gasteiger charge is -2.28. The number of nitrogens with two attached hydrogens (primary N) is 1. The Morgan fingerprint density at radius 3 is 2.67 bits per heavy atom. The van der Waals surface area contributed by atoms with Crippen molar-refractivity contribution in [2.24, 2.45) is 5.73 Å². The van der Waals surface area contributed by atoms with E-state index in [0.717, 1.165) is 26.4 Å². The zero-order chi connectivity index (χ0) is 16.7. The standard InChI is InChI=1S/C20H13BrN2O/c21-14-6-3-5-13(10-14)18-16(11-22)20(23)24-17-9-8-12-4-1-2-7-15(12)19(17)18/h1-10,18H,23H2/t18-/m1/s1. The molecule has 0 amide bonds. The molecular weight excluding hydrogens is 364 g/mol. The third-order valence-corrected chi connectivity index (χ3v) is 4.79. The highest BCUT2D eigenvalue weighted by atomic mass is 79.9. The van der Waals surface area contributed by atoms with E-state index < -0.39 is 0 Å². The summed E-state index contributed by atoms with van der Waals surface area (Å²) in [5.74, 6) is 0.628. The van der Waals surface area contributed by atoms with Crippen molar-refractivity contribution in [1.29, 1.82) is 5.26 Å². The van der Waals surface area contributed by atoms with Crippen molar-refractivity contribution < 1.29 is 4.74 Å². The largest absolute Gasteiger partial charge is 0.440 e. The van der Waals surface area contributed by atoms with Crippen LogP contribution in [0.4, 0.5) is 0 Å². The summed E-state index contributed by atoms with van der Waals surface area (Å²) in [5.41, 5.74) is 8.47. The Hall–Kier alpha value is -2.77. The van der Waals surface area contributed by atoms with Crippen molar-refractivity contribution >= 4 is 26.7 Å². The Labute approximate surface area is 148 Å². The van der Waals surface area contributed by atoms with Crippen LogP contribution in [0.25, 0.3) is 10.8 Å². The second-order valence-corrected chi connectivity index (χ2v) is 6.59. The molecule has 2 N–H and O–H groups in total. The first-order valence-electron chi connectivity index (χ1n) is 7.53. The van der Waals surface area contributed by atoms with E-state index in [0.29, 0.717) is 11.3 Å². The maximum Gasteiger partial charge on any atom is 0.205 e. The van der Waals surface area contributed by atoms with Gasteiger partial charge in [-0.05, 0) is 34.5 Å². The predicted molar refractivity (Wildman–Crippen MR) is 97.4 cm³/mol. The minimum atomic E-state index is -0.248. The zero-order valence-corrected chi connectivity index (χ0v) is 14.2. The summed E-state index contributed by atoms with van der Waals surface area (Å²) in [6, 6.07) is 22.2. The number of rotatable bonds is 1. The summed E-state index contributed by atoms with van der Waals surface area (Å²) in [7, 11) is 0. The topological polar surface area (TPSA) is 59.0 Å². The maximum atomic E-state index is 9.68. The molecule has 0 aromatic heterocycles. The minimum absolute atomic E-state index is 0.172. The monoisotopic (exact) mass is 376 g/mol. The third-order valence-electron chi connectivity index (χ3n) is 4.30. The van der Waals surface area contributed by atoms with Crippen molar-refractivity contribution in [2.45, 2.75) is 5.92 Å². The molecule has 0 spiro atoms. The second-order valence-electron chi connectivity index (χ2n) is 5.68. The van der Waals surface area contributed by atoms with E-state index in [-0.39, 0.29) is 11.8 Å². The maximum absolute atomic E-state index is 9.68. The van der Waals surface area contributed by atoms with Crippen LogP contribution in [0.5, 0.6) is 5.75 Å². The van der Waals surface area contributed by atoms with Gasteiger partial charge in [0, 0.05) is 10.0 Å². The Morgan fingerprint density at radius 1 is 1.04 bits per heavy atom. The van der Waals surface area contributed by atoms with Gasteiger partial charge in [-0.25, -0.2) is 0 Å². The summed E-state index contributed by atoms with van der Waals surface area (Å²) in [6.07, 6.45) is 0. The van der Waals surface area contributed by atoms with E-state index in [1.54, 1.807) is 0 Å². The number of ether oxygens (including phenoxy) is 1. The third kappa shape index (κ3) is 2.26. The van der Waals surface area contributed by atoms with Gasteiger partial charge in [-0.15, -0.1) is 0 Å². The Morgan fingerprint density at radius 2 is 1.88 bits per heavy atom. The molecule has 0 radical (unpaired) electrons. The van der Waals surface area contributed by atoms with Gasteiger partial charge in [-0.2, -0.15) is 5.26 Å². The number of benzene rings is 3. The molecule has 3 aromatic carbocycles. The lowest BCUT2D eigenvalue weighted by atomic mass is 9.81. The van der Waals surface area contributed by atoms with Crippen molar-refractivity contribution in [3.05, 3.63) is 87.7 Å². The van der Waals surface area contributed by atoms with Crippen LogP contribution in [-0.2, 0) is 0 Å². The van der Waals surface area contributed by atoms with Gasteiger partial charge in [0.1, 0.15) is 17.4 Å². The number of nitriles is 1. The van der Waals surface area contributed by atoms with Gasteiger partial charge in [0.25, 0.3) is 0 Å². The van der Waals surface area contributed by atoms with Crippen LogP contribution in [0.1, 0.15) is 17.0 Å². The average Bonchev–Trinajstić information content (AvgIpc) is 2.60. The summed E-state index contributed by atoms with van der Waals surface area (Å²) < 4.78 is 6.71. The molecule has 0 saturated carbocycles. The van der Waals surface area contributed by atoms with E-state index in [2.05, 4.69) is 34.1 Å². The Balaban J connectivity index is 2.07. The molecule has 0 fully saturated rings. The first-order chi connectivity index (χ1) is 11.7. The van der Waals surface area contributed by atoms with Crippen LogP contribution in [0.15, 0.2) is 76.6 Å². The fourth-order valence-corrected chi connectivity index (χ4v) is 3.68. The van der Waals surface area contributed by atoms with Gasteiger partial charge in [-0.1, -0.05) is 58.4 Å². The number of hydrogen-bond acceptors (Lipinski definition) is 3. The fraction of sp³-hybridized carbons (Fsp3) is 0.0500.